The molecule has 7 heteroatoms. The van der Waals surface area contributed by atoms with E-state index in [0.717, 1.165) is 44.5 Å². The number of nitrogens with zero attached hydrogens (tertiary/aromatic N) is 3. The maximum atomic E-state index is 12.3. The summed E-state index contributed by atoms with van der Waals surface area (Å²) in [4.78, 5) is 22.5. The van der Waals surface area contributed by atoms with E-state index >= 15 is 0 Å². The third-order valence-corrected chi connectivity index (χ3v) is 4.86. The van der Waals surface area contributed by atoms with Gasteiger partial charge in [0.25, 0.3) is 0 Å². The number of carbonyl (C=O) groups is 1. The molecule has 2 aliphatic heterocycles. The molecule has 0 bridgehead atoms. The van der Waals surface area contributed by atoms with Crippen LogP contribution < -0.4 is 10.6 Å². The number of aromatic nitrogens is 2. The van der Waals surface area contributed by atoms with E-state index in [9.17, 15) is 4.79 Å². The molecule has 1 aromatic rings. The van der Waals surface area contributed by atoms with E-state index < -0.39 is 0 Å². The zero-order valence-electron chi connectivity index (χ0n) is 13.2. The number of hydrogen-bond donors (Lipinski definition) is 2. The van der Waals surface area contributed by atoms with Gasteiger partial charge in [0.15, 0.2) is 0 Å². The van der Waals surface area contributed by atoms with Gasteiger partial charge in [-0.1, -0.05) is 0 Å². The summed E-state index contributed by atoms with van der Waals surface area (Å²) in [5, 5.41) is 6.46. The van der Waals surface area contributed by atoms with Crippen molar-refractivity contribution in [2.24, 2.45) is 0 Å². The van der Waals surface area contributed by atoms with Crippen LogP contribution in [0.15, 0.2) is 18.6 Å². The summed E-state index contributed by atoms with van der Waals surface area (Å²) in [5.74, 6) is 0.775. The molecular formula is C16H23N5O2. The van der Waals surface area contributed by atoms with E-state index in [2.05, 4.69) is 20.6 Å². The average molecular weight is 317 g/mol. The molecule has 7 nitrogen and oxygen atoms in total. The highest BCUT2D eigenvalue weighted by atomic mass is 16.5. The second kappa shape index (κ2) is 5.96. The fourth-order valence-corrected chi connectivity index (χ4v) is 3.57. The van der Waals surface area contributed by atoms with Crippen LogP contribution in [0.4, 0.5) is 10.6 Å². The Morgan fingerprint density at radius 3 is 3.04 bits per heavy atom. The topological polar surface area (TPSA) is 79.4 Å². The number of ether oxygens (including phenoxy) is 1. The number of carbonyl (C=O) groups excluding carboxylic acids is 1. The number of nitrogens with one attached hydrogen (secondary N) is 2. The van der Waals surface area contributed by atoms with Gasteiger partial charge < -0.3 is 20.3 Å². The van der Waals surface area contributed by atoms with Gasteiger partial charge in [-0.3, -0.25) is 4.98 Å². The summed E-state index contributed by atoms with van der Waals surface area (Å²) in [7, 11) is 0. The zero-order chi connectivity index (χ0) is 15.7. The fourth-order valence-electron chi connectivity index (χ4n) is 3.57. The Kier molecular flexibility index (Phi) is 3.80. The molecular weight excluding hydrogens is 294 g/mol. The van der Waals surface area contributed by atoms with Gasteiger partial charge in [0.1, 0.15) is 5.82 Å². The maximum Gasteiger partial charge on any atom is 0.317 e. The summed E-state index contributed by atoms with van der Waals surface area (Å²) in [5.41, 5.74) is -0.209. The van der Waals surface area contributed by atoms with Crippen molar-refractivity contribution in [3.05, 3.63) is 18.6 Å². The lowest BCUT2D eigenvalue weighted by Crippen LogP contribution is -2.53. The van der Waals surface area contributed by atoms with Crippen LogP contribution in [0.25, 0.3) is 0 Å². The van der Waals surface area contributed by atoms with Gasteiger partial charge in [-0.25, -0.2) is 9.78 Å². The van der Waals surface area contributed by atoms with E-state index in [-0.39, 0.29) is 17.7 Å². The number of amides is 2. The van der Waals surface area contributed by atoms with Gasteiger partial charge >= 0.3 is 6.03 Å². The Hall–Kier alpha value is -1.89. The van der Waals surface area contributed by atoms with Crippen LogP contribution in [0.5, 0.6) is 0 Å². The zero-order valence-corrected chi connectivity index (χ0v) is 13.2. The van der Waals surface area contributed by atoms with Crippen molar-refractivity contribution in [3.63, 3.8) is 0 Å². The fraction of sp³-hybridized carbons (Fsp3) is 0.688. The molecule has 3 aliphatic rings. The average Bonchev–Trinajstić information content (AvgIpc) is 3.31. The first-order chi connectivity index (χ1) is 11.2. The summed E-state index contributed by atoms with van der Waals surface area (Å²) < 4.78 is 6.13. The van der Waals surface area contributed by atoms with Crippen LogP contribution in [0.1, 0.15) is 32.1 Å². The minimum Gasteiger partial charge on any atom is -0.371 e. The Morgan fingerprint density at radius 1 is 1.35 bits per heavy atom. The molecule has 1 aromatic heterocycles. The smallest absolute Gasteiger partial charge is 0.317 e. The van der Waals surface area contributed by atoms with Crippen molar-refractivity contribution in [2.75, 3.05) is 25.0 Å². The lowest BCUT2D eigenvalue weighted by atomic mass is 9.89. The highest BCUT2D eigenvalue weighted by Gasteiger charge is 2.45. The van der Waals surface area contributed by atoms with Gasteiger partial charge in [-0.2, -0.15) is 0 Å². The highest BCUT2D eigenvalue weighted by molar-refractivity contribution is 5.75. The van der Waals surface area contributed by atoms with Crippen molar-refractivity contribution in [1.29, 1.82) is 0 Å². The largest absolute Gasteiger partial charge is 0.371 e. The monoisotopic (exact) mass is 317 g/mol. The number of piperidine rings is 1. The molecule has 124 valence electrons. The van der Waals surface area contributed by atoms with Crippen LogP contribution in [0.2, 0.25) is 0 Å². The molecule has 0 radical (unpaired) electrons. The number of rotatable bonds is 3. The predicted octanol–water partition coefficient (Wildman–Crippen LogP) is 1.38. The molecule has 1 spiro atoms. The standard InChI is InChI=1S/C16H23N5O2/c22-15(20-12-2-3-12)21-7-1-4-16(11-21)8-13(10-23-16)19-14-9-17-5-6-18-14/h5-6,9,12-13H,1-4,7-8,10-11H2,(H,18,19)(H,20,22)/t13-,16+/m1/s1. The Balaban J connectivity index is 1.35. The number of likely N-dealkylation sites (tertiary alicyclic amines) is 1. The molecule has 0 unspecified atom stereocenters. The van der Waals surface area contributed by atoms with Crippen LogP contribution in [0, 0.1) is 0 Å². The number of urea groups is 1. The van der Waals surface area contributed by atoms with E-state index in [4.69, 9.17) is 4.74 Å². The first-order valence-corrected chi connectivity index (χ1v) is 8.44. The van der Waals surface area contributed by atoms with Gasteiger partial charge in [-0.15, -0.1) is 0 Å². The molecule has 0 aromatic carbocycles. The van der Waals surface area contributed by atoms with E-state index in [1.54, 1.807) is 18.6 Å². The first-order valence-electron chi connectivity index (χ1n) is 8.44. The molecule has 3 fully saturated rings. The predicted molar refractivity (Wildman–Crippen MR) is 85.1 cm³/mol. The first kappa shape index (κ1) is 14.7. The molecule has 1 saturated carbocycles. The second-order valence-corrected chi connectivity index (χ2v) is 6.88. The minimum atomic E-state index is -0.209. The summed E-state index contributed by atoms with van der Waals surface area (Å²) in [6.07, 6.45) is 10.2. The number of hydrogen-bond acceptors (Lipinski definition) is 5. The van der Waals surface area contributed by atoms with E-state index in [1.165, 1.54) is 0 Å². The van der Waals surface area contributed by atoms with Gasteiger partial charge in [0, 0.05) is 31.4 Å². The van der Waals surface area contributed by atoms with Gasteiger partial charge in [0.2, 0.25) is 0 Å². The van der Waals surface area contributed by atoms with Crippen LogP contribution in [0.3, 0.4) is 0 Å². The van der Waals surface area contributed by atoms with Crippen LogP contribution >= 0.6 is 0 Å². The third kappa shape index (κ3) is 3.39. The van der Waals surface area contributed by atoms with Crippen LogP contribution in [-0.4, -0.2) is 58.3 Å². The maximum absolute atomic E-state index is 12.3. The third-order valence-electron chi connectivity index (χ3n) is 4.86. The lowest BCUT2D eigenvalue weighted by molar-refractivity contribution is -0.0409. The van der Waals surface area contributed by atoms with Crippen molar-refractivity contribution >= 4 is 11.8 Å². The molecule has 1 aliphatic carbocycles. The minimum absolute atomic E-state index is 0.0699. The second-order valence-electron chi connectivity index (χ2n) is 6.88. The van der Waals surface area contributed by atoms with E-state index in [0.29, 0.717) is 19.2 Å². The van der Waals surface area contributed by atoms with Crippen molar-refractivity contribution in [3.8, 4) is 0 Å². The van der Waals surface area contributed by atoms with Crippen molar-refractivity contribution in [2.45, 2.75) is 49.8 Å². The Bertz CT molecular complexity index is 565. The van der Waals surface area contributed by atoms with Gasteiger partial charge in [0.05, 0.1) is 31.0 Å². The normalized spacial score (nSPS) is 30.4. The Morgan fingerprint density at radius 2 is 2.26 bits per heavy atom. The van der Waals surface area contributed by atoms with E-state index in [1.807, 2.05) is 4.90 Å². The molecule has 2 saturated heterocycles. The summed E-state index contributed by atoms with van der Waals surface area (Å²) in [6.45, 7) is 2.16. The van der Waals surface area contributed by atoms with Crippen molar-refractivity contribution < 1.29 is 9.53 Å². The molecule has 2 amide bonds. The Labute approximate surface area is 135 Å². The summed E-state index contributed by atoms with van der Waals surface area (Å²) in [6, 6.07) is 0.689. The van der Waals surface area contributed by atoms with Crippen molar-refractivity contribution in [1.82, 2.24) is 20.2 Å². The SMILES string of the molecule is O=C(NC1CC1)N1CCC[C@]2(C[C@@H](Nc3cnccn3)CO2)C1. The molecule has 2 atom stereocenters. The molecule has 23 heavy (non-hydrogen) atoms. The lowest BCUT2D eigenvalue weighted by Gasteiger charge is -2.39. The van der Waals surface area contributed by atoms with Crippen LogP contribution in [-0.2, 0) is 4.74 Å². The highest BCUT2D eigenvalue weighted by Crippen LogP contribution is 2.35. The molecule has 2 N–H and O–H groups in total. The quantitative estimate of drug-likeness (QED) is 0.880. The summed E-state index contributed by atoms with van der Waals surface area (Å²) >= 11 is 0. The molecule has 3 heterocycles. The number of anilines is 1. The molecule has 4 rings (SSSR count). The van der Waals surface area contributed by atoms with Gasteiger partial charge in [-0.05, 0) is 25.7 Å².